The molecule has 0 aliphatic carbocycles. The van der Waals surface area contributed by atoms with Crippen molar-refractivity contribution in [3.63, 3.8) is 0 Å². The largest absolute Gasteiger partial charge is 0.339 e. The number of hydrogen-bond acceptors (Lipinski definition) is 2. The summed E-state index contributed by atoms with van der Waals surface area (Å²) in [5, 5.41) is 3.90. The van der Waals surface area contributed by atoms with Gasteiger partial charge in [-0.2, -0.15) is 0 Å². The molecule has 1 aromatic rings. The SMILES string of the molecule is CNC[C@H]1CCCN(C(=O)/C=C/c2ccc(Cl)cc2)C1. The summed E-state index contributed by atoms with van der Waals surface area (Å²) in [7, 11) is 1.96. The molecule has 1 heterocycles. The second-order valence-corrected chi connectivity index (χ2v) is 5.67. The highest BCUT2D eigenvalue weighted by atomic mass is 35.5. The first kappa shape index (κ1) is 15.1. The fraction of sp³-hybridized carbons (Fsp3) is 0.438. The molecule has 1 aromatic carbocycles. The summed E-state index contributed by atoms with van der Waals surface area (Å²) in [4.78, 5) is 14.1. The van der Waals surface area contributed by atoms with E-state index in [-0.39, 0.29) is 5.91 Å². The quantitative estimate of drug-likeness (QED) is 0.866. The molecule has 0 aromatic heterocycles. The van der Waals surface area contributed by atoms with E-state index in [9.17, 15) is 4.79 Å². The third-order valence-electron chi connectivity index (χ3n) is 3.61. The van der Waals surface area contributed by atoms with E-state index >= 15 is 0 Å². The van der Waals surface area contributed by atoms with Gasteiger partial charge in [0.25, 0.3) is 0 Å². The number of carbonyl (C=O) groups excluding carboxylic acids is 1. The Labute approximate surface area is 125 Å². The molecule has 1 amide bonds. The van der Waals surface area contributed by atoms with Crippen LogP contribution in [0.1, 0.15) is 18.4 Å². The van der Waals surface area contributed by atoms with Gasteiger partial charge in [0.15, 0.2) is 0 Å². The highest BCUT2D eigenvalue weighted by Gasteiger charge is 2.21. The van der Waals surface area contributed by atoms with E-state index in [0.29, 0.717) is 10.9 Å². The van der Waals surface area contributed by atoms with Gasteiger partial charge in [0.05, 0.1) is 0 Å². The number of halogens is 1. The Morgan fingerprint density at radius 2 is 2.20 bits per heavy atom. The van der Waals surface area contributed by atoms with Gasteiger partial charge in [-0.1, -0.05) is 23.7 Å². The summed E-state index contributed by atoms with van der Waals surface area (Å²) >= 11 is 5.84. The topological polar surface area (TPSA) is 32.3 Å². The van der Waals surface area contributed by atoms with Gasteiger partial charge < -0.3 is 10.2 Å². The molecule has 1 N–H and O–H groups in total. The maximum Gasteiger partial charge on any atom is 0.246 e. The molecule has 0 saturated carbocycles. The molecule has 20 heavy (non-hydrogen) atoms. The first-order chi connectivity index (χ1) is 9.69. The minimum atomic E-state index is 0.0979. The Balaban J connectivity index is 1.92. The van der Waals surface area contributed by atoms with Gasteiger partial charge in [-0.3, -0.25) is 4.79 Å². The van der Waals surface area contributed by atoms with Crippen LogP contribution in [0.5, 0.6) is 0 Å². The zero-order chi connectivity index (χ0) is 14.4. The van der Waals surface area contributed by atoms with Crippen LogP contribution < -0.4 is 5.32 Å². The minimum Gasteiger partial charge on any atom is -0.339 e. The molecule has 4 heteroatoms. The summed E-state index contributed by atoms with van der Waals surface area (Å²) in [6.45, 7) is 2.69. The number of hydrogen-bond donors (Lipinski definition) is 1. The van der Waals surface area contributed by atoms with Gasteiger partial charge in [0.2, 0.25) is 5.91 Å². The van der Waals surface area contributed by atoms with Gasteiger partial charge in [0.1, 0.15) is 0 Å². The molecule has 1 fully saturated rings. The van der Waals surface area contributed by atoms with Crippen molar-refractivity contribution in [3.8, 4) is 0 Å². The van der Waals surface area contributed by atoms with Crippen molar-refractivity contribution in [1.82, 2.24) is 10.2 Å². The van der Waals surface area contributed by atoms with Crippen molar-refractivity contribution in [3.05, 3.63) is 40.9 Å². The number of rotatable bonds is 4. The van der Waals surface area contributed by atoms with Crippen molar-refractivity contribution in [2.24, 2.45) is 5.92 Å². The Kier molecular flexibility index (Phi) is 5.62. The molecule has 0 spiro atoms. The lowest BCUT2D eigenvalue weighted by molar-refractivity contribution is -0.127. The number of likely N-dealkylation sites (tertiary alicyclic amines) is 1. The Bertz CT molecular complexity index is 468. The van der Waals surface area contributed by atoms with Gasteiger partial charge in [-0.25, -0.2) is 0 Å². The lowest BCUT2D eigenvalue weighted by Crippen LogP contribution is -2.41. The molecule has 1 aliphatic rings. The average molecular weight is 293 g/mol. The fourth-order valence-corrected chi connectivity index (χ4v) is 2.69. The summed E-state index contributed by atoms with van der Waals surface area (Å²) in [5.41, 5.74) is 0.992. The zero-order valence-corrected chi connectivity index (χ0v) is 12.6. The van der Waals surface area contributed by atoms with Crippen LogP contribution in [-0.4, -0.2) is 37.5 Å². The Morgan fingerprint density at radius 3 is 2.90 bits per heavy atom. The van der Waals surface area contributed by atoms with Crippen LogP contribution in [0.2, 0.25) is 5.02 Å². The van der Waals surface area contributed by atoms with Crippen LogP contribution in [0.3, 0.4) is 0 Å². The standard InChI is InChI=1S/C16H21ClN2O/c1-18-11-14-3-2-10-19(12-14)16(20)9-6-13-4-7-15(17)8-5-13/h4-9,14,18H,2-3,10-12H2,1H3/b9-6+/t14-/m1/s1. The number of amides is 1. The lowest BCUT2D eigenvalue weighted by Gasteiger charge is -2.32. The smallest absolute Gasteiger partial charge is 0.246 e. The van der Waals surface area contributed by atoms with Crippen LogP contribution in [0.25, 0.3) is 6.08 Å². The molecule has 0 unspecified atom stereocenters. The monoisotopic (exact) mass is 292 g/mol. The number of piperidine rings is 1. The molecule has 2 rings (SSSR count). The first-order valence-electron chi connectivity index (χ1n) is 7.06. The highest BCUT2D eigenvalue weighted by molar-refractivity contribution is 6.30. The summed E-state index contributed by atoms with van der Waals surface area (Å²) in [6.07, 6.45) is 5.80. The molecular formula is C16H21ClN2O. The maximum atomic E-state index is 12.2. The van der Waals surface area contributed by atoms with Crippen molar-refractivity contribution in [2.75, 3.05) is 26.7 Å². The van der Waals surface area contributed by atoms with E-state index in [2.05, 4.69) is 5.32 Å². The molecule has 3 nitrogen and oxygen atoms in total. The zero-order valence-electron chi connectivity index (χ0n) is 11.8. The molecule has 1 saturated heterocycles. The van der Waals surface area contributed by atoms with Gasteiger partial charge in [0, 0.05) is 24.2 Å². The number of nitrogens with zero attached hydrogens (tertiary/aromatic N) is 1. The van der Waals surface area contributed by atoms with Crippen LogP contribution in [0.4, 0.5) is 0 Å². The van der Waals surface area contributed by atoms with E-state index < -0.39 is 0 Å². The second-order valence-electron chi connectivity index (χ2n) is 5.24. The van der Waals surface area contributed by atoms with Crippen molar-refractivity contribution >= 4 is 23.6 Å². The van der Waals surface area contributed by atoms with Crippen LogP contribution in [0.15, 0.2) is 30.3 Å². The van der Waals surface area contributed by atoms with E-state index in [1.807, 2.05) is 42.3 Å². The Hall–Kier alpha value is -1.32. The normalized spacial score (nSPS) is 19.5. The molecule has 1 atom stereocenters. The number of nitrogens with one attached hydrogen (secondary N) is 1. The first-order valence-corrected chi connectivity index (χ1v) is 7.44. The Morgan fingerprint density at radius 1 is 1.45 bits per heavy atom. The van der Waals surface area contributed by atoms with E-state index in [0.717, 1.165) is 31.6 Å². The van der Waals surface area contributed by atoms with Crippen molar-refractivity contribution < 1.29 is 4.79 Å². The minimum absolute atomic E-state index is 0.0979. The summed E-state index contributed by atoms with van der Waals surface area (Å²) < 4.78 is 0. The lowest BCUT2D eigenvalue weighted by atomic mass is 9.98. The molecule has 108 valence electrons. The van der Waals surface area contributed by atoms with Crippen LogP contribution >= 0.6 is 11.6 Å². The van der Waals surface area contributed by atoms with Crippen LogP contribution in [0, 0.1) is 5.92 Å². The van der Waals surface area contributed by atoms with Crippen molar-refractivity contribution in [2.45, 2.75) is 12.8 Å². The van der Waals surface area contributed by atoms with Crippen LogP contribution in [-0.2, 0) is 4.79 Å². The van der Waals surface area contributed by atoms with E-state index in [4.69, 9.17) is 11.6 Å². The third-order valence-corrected chi connectivity index (χ3v) is 3.86. The summed E-state index contributed by atoms with van der Waals surface area (Å²) in [5.74, 6) is 0.669. The molecule has 0 bridgehead atoms. The fourth-order valence-electron chi connectivity index (χ4n) is 2.57. The van der Waals surface area contributed by atoms with Gasteiger partial charge in [-0.15, -0.1) is 0 Å². The third kappa shape index (κ3) is 4.36. The number of benzene rings is 1. The van der Waals surface area contributed by atoms with Gasteiger partial charge in [-0.05, 0) is 56.1 Å². The predicted octanol–water partition coefficient (Wildman–Crippen LogP) is 2.81. The molecular weight excluding hydrogens is 272 g/mol. The maximum absolute atomic E-state index is 12.2. The second kappa shape index (κ2) is 7.46. The predicted molar refractivity (Wildman–Crippen MR) is 83.7 cm³/mol. The number of carbonyl (C=O) groups is 1. The van der Waals surface area contributed by atoms with Gasteiger partial charge >= 0.3 is 0 Å². The molecule has 0 radical (unpaired) electrons. The highest BCUT2D eigenvalue weighted by Crippen LogP contribution is 2.16. The average Bonchev–Trinajstić information content (AvgIpc) is 2.47. The summed E-state index contributed by atoms with van der Waals surface area (Å²) in [6, 6.07) is 7.48. The van der Waals surface area contributed by atoms with E-state index in [1.165, 1.54) is 6.42 Å². The van der Waals surface area contributed by atoms with Crippen molar-refractivity contribution in [1.29, 1.82) is 0 Å². The van der Waals surface area contributed by atoms with E-state index in [1.54, 1.807) is 6.08 Å². The molecule has 1 aliphatic heterocycles.